The van der Waals surface area contributed by atoms with Gasteiger partial charge in [-0.25, -0.2) is 8.78 Å². The van der Waals surface area contributed by atoms with Gasteiger partial charge in [0.2, 0.25) is 0 Å². The topological polar surface area (TPSA) is 29.3 Å². The molecule has 0 aliphatic heterocycles. The molecule has 0 saturated heterocycles. The predicted octanol–water partition coefficient (Wildman–Crippen LogP) is 3.87. The first kappa shape index (κ1) is 16.4. The summed E-state index contributed by atoms with van der Waals surface area (Å²) in [7, 11) is 1.98. The summed E-state index contributed by atoms with van der Waals surface area (Å²) in [5.41, 5.74) is 6.23. The molecule has 1 aromatic carbocycles. The highest BCUT2D eigenvalue weighted by Gasteiger charge is 2.29. The summed E-state index contributed by atoms with van der Waals surface area (Å²) in [4.78, 5) is 2.14. The summed E-state index contributed by atoms with van der Waals surface area (Å²) in [6.07, 6.45) is 5.89. The third-order valence-electron chi connectivity index (χ3n) is 5.02. The lowest BCUT2D eigenvalue weighted by molar-refractivity contribution is 0.119. The van der Waals surface area contributed by atoms with E-state index >= 15 is 0 Å². The molecule has 0 aromatic heterocycles. The van der Waals surface area contributed by atoms with Crippen molar-refractivity contribution in [3.05, 3.63) is 35.4 Å². The second kappa shape index (κ2) is 7.32. The fourth-order valence-electron chi connectivity index (χ4n) is 3.51. The van der Waals surface area contributed by atoms with Gasteiger partial charge in [-0.2, -0.15) is 0 Å². The zero-order valence-corrected chi connectivity index (χ0v) is 13.0. The highest BCUT2D eigenvalue weighted by molar-refractivity contribution is 5.23. The molecule has 1 aliphatic carbocycles. The molecule has 1 aliphatic rings. The van der Waals surface area contributed by atoms with E-state index in [9.17, 15) is 8.78 Å². The van der Waals surface area contributed by atoms with Crippen molar-refractivity contribution in [2.75, 3.05) is 13.6 Å². The van der Waals surface area contributed by atoms with Crippen molar-refractivity contribution in [1.82, 2.24) is 4.90 Å². The van der Waals surface area contributed by atoms with Crippen molar-refractivity contribution < 1.29 is 8.78 Å². The lowest BCUT2D eigenvalue weighted by atomic mass is 9.83. The molecule has 21 heavy (non-hydrogen) atoms. The van der Waals surface area contributed by atoms with Crippen LogP contribution in [0.5, 0.6) is 0 Å². The molecule has 0 amide bonds. The normalized spacial score (nSPS) is 24.3. The Morgan fingerprint density at radius 2 is 1.90 bits per heavy atom. The van der Waals surface area contributed by atoms with Gasteiger partial charge in [-0.15, -0.1) is 0 Å². The Morgan fingerprint density at radius 3 is 2.48 bits per heavy atom. The summed E-state index contributed by atoms with van der Waals surface area (Å²) in [5, 5.41) is 0. The van der Waals surface area contributed by atoms with Crippen LogP contribution in [0, 0.1) is 17.6 Å². The maximum atomic E-state index is 14.0. The molecule has 0 heterocycles. The molecular formula is C17H26F2N2. The molecule has 2 rings (SSSR count). The van der Waals surface area contributed by atoms with Crippen molar-refractivity contribution in [2.45, 2.75) is 51.1 Å². The Bertz CT molecular complexity index is 456. The molecule has 1 aromatic rings. The summed E-state index contributed by atoms with van der Waals surface area (Å²) in [6, 6.07) is 4.49. The third-order valence-corrected chi connectivity index (χ3v) is 5.02. The second-order valence-corrected chi connectivity index (χ2v) is 6.14. The number of hydrogen-bond donors (Lipinski definition) is 1. The highest BCUT2D eigenvalue weighted by atomic mass is 19.2. The zero-order chi connectivity index (χ0) is 15.4. The minimum Gasteiger partial charge on any atom is -0.329 e. The highest BCUT2D eigenvalue weighted by Crippen LogP contribution is 2.33. The summed E-state index contributed by atoms with van der Waals surface area (Å²) in [6.45, 7) is 2.53. The van der Waals surface area contributed by atoms with Gasteiger partial charge in [0.05, 0.1) is 0 Å². The minimum atomic E-state index is -0.797. The lowest BCUT2D eigenvalue weighted by Crippen LogP contribution is -2.41. The van der Waals surface area contributed by atoms with Gasteiger partial charge < -0.3 is 5.73 Å². The Kier molecular flexibility index (Phi) is 5.71. The largest absolute Gasteiger partial charge is 0.329 e. The van der Waals surface area contributed by atoms with Crippen LogP contribution < -0.4 is 5.73 Å². The number of rotatable bonds is 5. The summed E-state index contributed by atoms with van der Waals surface area (Å²) in [5.74, 6) is -0.743. The first-order valence-corrected chi connectivity index (χ1v) is 7.94. The van der Waals surface area contributed by atoms with E-state index in [-0.39, 0.29) is 6.04 Å². The van der Waals surface area contributed by atoms with E-state index in [2.05, 4.69) is 11.8 Å². The number of nitrogens with two attached hydrogens (primary N) is 1. The van der Waals surface area contributed by atoms with E-state index in [1.807, 2.05) is 7.05 Å². The molecule has 2 nitrogen and oxygen atoms in total. The van der Waals surface area contributed by atoms with Gasteiger partial charge in [0, 0.05) is 24.2 Å². The molecule has 1 atom stereocenters. The van der Waals surface area contributed by atoms with Crippen molar-refractivity contribution in [3.8, 4) is 0 Å². The minimum absolute atomic E-state index is 0.260. The lowest BCUT2D eigenvalue weighted by Gasteiger charge is -2.39. The average Bonchev–Trinajstić information content (AvgIpc) is 2.52. The molecule has 4 heteroatoms. The zero-order valence-electron chi connectivity index (χ0n) is 13.0. The Hall–Kier alpha value is -1.00. The van der Waals surface area contributed by atoms with Crippen LogP contribution in [0.1, 0.15) is 50.6 Å². The summed E-state index contributed by atoms with van der Waals surface area (Å²) < 4.78 is 27.5. The number of likely N-dealkylation sites (N-methyl/N-ethyl adjacent to an activating group) is 1. The van der Waals surface area contributed by atoms with E-state index in [1.165, 1.54) is 19.3 Å². The first-order chi connectivity index (χ1) is 10.1. The van der Waals surface area contributed by atoms with Crippen molar-refractivity contribution in [3.63, 3.8) is 0 Å². The number of benzene rings is 1. The van der Waals surface area contributed by atoms with Gasteiger partial charge >= 0.3 is 0 Å². The number of nitrogens with zero attached hydrogens (tertiary/aromatic N) is 1. The predicted molar refractivity (Wildman–Crippen MR) is 82.0 cm³/mol. The van der Waals surface area contributed by atoms with Gasteiger partial charge in [0.25, 0.3) is 0 Å². The third kappa shape index (κ3) is 3.61. The first-order valence-electron chi connectivity index (χ1n) is 7.94. The molecular weight excluding hydrogens is 270 g/mol. The van der Waals surface area contributed by atoms with Crippen LogP contribution in [0.3, 0.4) is 0 Å². The molecule has 0 radical (unpaired) electrons. The molecule has 2 N–H and O–H groups in total. The van der Waals surface area contributed by atoms with E-state index in [1.54, 1.807) is 12.1 Å². The standard InChI is InChI=1S/C17H26F2N2/c1-3-12-7-9-13(10-8-12)21(2)16(11-20)14-5-4-6-15(18)17(14)19/h4-6,12-13,16H,3,7-11,20H2,1-2H3. The van der Waals surface area contributed by atoms with Gasteiger partial charge in [0.1, 0.15) is 0 Å². The quantitative estimate of drug-likeness (QED) is 0.894. The molecule has 0 bridgehead atoms. The van der Waals surface area contributed by atoms with E-state index in [4.69, 9.17) is 5.73 Å². The average molecular weight is 296 g/mol. The fraction of sp³-hybridized carbons (Fsp3) is 0.647. The molecule has 1 unspecified atom stereocenters. The summed E-state index contributed by atoms with van der Waals surface area (Å²) >= 11 is 0. The Labute approximate surface area is 126 Å². The SMILES string of the molecule is CCC1CCC(N(C)C(CN)c2cccc(F)c2F)CC1. The van der Waals surface area contributed by atoms with Crippen molar-refractivity contribution in [1.29, 1.82) is 0 Å². The monoisotopic (exact) mass is 296 g/mol. The van der Waals surface area contributed by atoms with Gasteiger partial charge in [0.15, 0.2) is 11.6 Å². The molecule has 1 saturated carbocycles. The maximum absolute atomic E-state index is 14.0. The van der Waals surface area contributed by atoms with Crippen LogP contribution in [0.15, 0.2) is 18.2 Å². The number of halogens is 2. The van der Waals surface area contributed by atoms with E-state index in [0.29, 0.717) is 18.2 Å². The van der Waals surface area contributed by atoms with E-state index < -0.39 is 11.6 Å². The van der Waals surface area contributed by atoms with Crippen LogP contribution in [-0.2, 0) is 0 Å². The molecule has 1 fully saturated rings. The fourth-order valence-corrected chi connectivity index (χ4v) is 3.51. The van der Waals surface area contributed by atoms with Crippen LogP contribution >= 0.6 is 0 Å². The Balaban J connectivity index is 2.12. The molecule has 0 spiro atoms. The number of hydrogen-bond acceptors (Lipinski definition) is 2. The van der Waals surface area contributed by atoms with Crippen molar-refractivity contribution >= 4 is 0 Å². The van der Waals surface area contributed by atoms with Gasteiger partial charge in [-0.1, -0.05) is 25.5 Å². The Morgan fingerprint density at radius 1 is 1.24 bits per heavy atom. The van der Waals surface area contributed by atoms with E-state index in [0.717, 1.165) is 24.8 Å². The van der Waals surface area contributed by atoms with Crippen LogP contribution in [0.4, 0.5) is 8.78 Å². The van der Waals surface area contributed by atoms with Gasteiger partial charge in [-0.3, -0.25) is 4.90 Å². The van der Waals surface area contributed by atoms with Crippen LogP contribution in [0.25, 0.3) is 0 Å². The van der Waals surface area contributed by atoms with Crippen molar-refractivity contribution in [2.24, 2.45) is 11.7 Å². The second-order valence-electron chi connectivity index (χ2n) is 6.14. The van der Waals surface area contributed by atoms with Crippen LogP contribution in [0.2, 0.25) is 0 Å². The van der Waals surface area contributed by atoms with Gasteiger partial charge in [-0.05, 0) is 44.7 Å². The smallest absolute Gasteiger partial charge is 0.163 e. The molecule has 118 valence electrons. The maximum Gasteiger partial charge on any atom is 0.163 e. The van der Waals surface area contributed by atoms with Crippen LogP contribution in [-0.4, -0.2) is 24.5 Å².